The van der Waals surface area contributed by atoms with Crippen LogP contribution in [0.2, 0.25) is 5.02 Å². The number of rotatable bonds is 3. The predicted octanol–water partition coefficient (Wildman–Crippen LogP) is 1.19. The Balaban J connectivity index is 2.42. The van der Waals surface area contributed by atoms with Crippen LogP contribution in [0.5, 0.6) is 0 Å². The maximum absolute atomic E-state index is 11.2. The summed E-state index contributed by atoms with van der Waals surface area (Å²) in [5, 5.41) is 12.7. The van der Waals surface area contributed by atoms with Crippen LogP contribution in [-0.4, -0.2) is 31.6 Å². The Morgan fingerprint density at radius 1 is 1.35 bits per heavy atom. The zero-order valence-corrected chi connectivity index (χ0v) is 9.13. The summed E-state index contributed by atoms with van der Waals surface area (Å²) >= 11 is 5.94. The normalized spacial score (nSPS) is 10.2. The molecule has 0 atom stereocenters. The number of nitrogens with zero attached hydrogens (tertiary/aromatic N) is 3. The monoisotopic (exact) mass is 251 g/mol. The Kier molecular flexibility index (Phi) is 2.88. The number of carbonyl (C=O) groups excluding carboxylic acids is 1. The third-order valence-corrected chi connectivity index (χ3v) is 2.37. The van der Waals surface area contributed by atoms with Gasteiger partial charge in [0.1, 0.15) is 12.7 Å². The van der Waals surface area contributed by atoms with Gasteiger partial charge in [-0.15, -0.1) is 0 Å². The molecule has 6 nitrogen and oxygen atoms in total. The molecule has 1 heterocycles. The van der Waals surface area contributed by atoms with E-state index in [1.165, 1.54) is 35.5 Å². The van der Waals surface area contributed by atoms with Crippen molar-refractivity contribution in [1.29, 1.82) is 0 Å². The zero-order chi connectivity index (χ0) is 12.4. The number of carboxylic acids is 1. The zero-order valence-electron chi connectivity index (χ0n) is 8.37. The van der Waals surface area contributed by atoms with E-state index in [0.717, 1.165) is 0 Å². The molecule has 1 aromatic heterocycles. The minimum absolute atomic E-state index is 0.0198. The summed E-state index contributed by atoms with van der Waals surface area (Å²) in [7, 11) is 0. The topological polar surface area (TPSA) is 85.1 Å². The second kappa shape index (κ2) is 4.34. The standard InChI is InChI=1S/C10H6ClN3O3/c11-7-3-6(9(15)10(16)17)1-2-8(7)14-5-12-4-13-14/h1-5H,(H,16,17). The molecule has 0 radical (unpaired) electrons. The molecule has 0 fully saturated rings. The lowest BCUT2D eigenvalue weighted by molar-refractivity contribution is -0.131. The molecule has 1 aromatic carbocycles. The summed E-state index contributed by atoms with van der Waals surface area (Å²) in [6, 6.07) is 4.17. The second-order valence-corrected chi connectivity index (χ2v) is 3.55. The molecule has 2 aromatic rings. The second-order valence-electron chi connectivity index (χ2n) is 3.14. The Morgan fingerprint density at radius 3 is 2.65 bits per heavy atom. The Hall–Kier alpha value is -2.21. The molecule has 0 bridgehead atoms. The highest BCUT2D eigenvalue weighted by Crippen LogP contribution is 2.21. The van der Waals surface area contributed by atoms with Gasteiger partial charge >= 0.3 is 5.97 Å². The number of halogens is 1. The lowest BCUT2D eigenvalue weighted by Gasteiger charge is -2.04. The minimum Gasteiger partial charge on any atom is -0.475 e. The van der Waals surface area contributed by atoms with E-state index in [4.69, 9.17) is 16.7 Å². The van der Waals surface area contributed by atoms with Crippen LogP contribution >= 0.6 is 11.6 Å². The fourth-order valence-corrected chi connectivity index (χ4v) is 1.56. The molecule has 0 unspecified atom stereocenters. The fraction of sp³-hybridized carbons (Fsp3) is 0. The van der Waals surface area contributed by atoms with E-state index in [1.807, 2.05) is 0 Å². The number of ketones is 1. The van der Waals surface area contributed by atoms with Gasteiger partial charge in [0.25, 0.3) is 5.78 Å². The van der Waals surface area contributed by atoms with Crippen molar-refractivity contribution in [3.05, 3.63) is 41.4 Å². The lowest BCUT2D eigenvalue weighted by atomic mass is 10.1. The van der Waals surface area contributed by atoms with E-state index in [2.05, 4.69) is 10.1 Å². The van der Waals surface area contributed by atoms with E-state index < -0.39 is 11.8 Å². The third-order valence-electron chi connectivity index (χ3n) is 2.07. The van der Waals surface area contributed by atoms with Crippen LogP contribution in [0.25, 0.3) is 5.69 Å². The molecule has 0 amide bonds. The molecule has 1 N–H and O–H groups in total. The summed E-state index contributed by atoms with van der Waals surface area (Å²) in [5.74, 6) is -2.52. The number of benzene rings is 1. The van der Waals surface area contributed by atoms with Crippen LogP contribution in [0.3, 0.4) is 0 Å². The predicted molar refractivity (Wildman–Crippen MR) is 58.3 cm³/mol. The largest absolute Gasteiger partial charge is 0.475 e. The van der Waals surface area contributed by atoms with Crippen molar-refractivity contribution in [2.45, 2.75) is 0 Å². The number of aliphatic carboxylic acids is 1. The van der Waals surface area contributed by atoms with Crippen LogP contribution in [0.1, 0.15) is 10.4 Å². The first-order chi connectivity index (χ1) is 8.09. The summed E-state index contributed by atoms with van der Waals surface area (Å²) < 4.78 is 1.41. The van der Waals surface area contributed by atoms with Gasteiger partial charge in [-0.05, 0) is 18.2 Å². The van der Waals surface area contributed by atoms with Crippen LogP contribution in [0.15, 0.2) is 30.9 Å². The van der Waals surface area contributed by atoms with Gasteiger partial charge in [0, 0.05) is 5.56 Å². The van der Waals surface area contributed by atoms with Crippen molar-refractivity contribution in [1.82, 2.24) is 14.8 Å². The first-order valence-corrected chi connectivity index (χ1v) is 4.89. The minimum atomic E-state index is -1.52. The van der Waals surface area contributed by atoms with Gasteiger partial charge < -0.3 is 5.11 Å². The van der Waals surface area contributed by atoms with Gasteiger partial charge in [-0.2, -0.15) is 5.10 Å². The van der Waals surface area contributed by atoms with Crippen LogP contribution < -0.4 is 0 Å². The number of aromatic nitrogens is 3. The fourth-order valence-electron chi connectivity index (χ4n) is 1.29. The molecule has 2 rings (SSSR count). The highest BCUT2D eigenvalue weighted by molar-refractivity contribution is 6.40. The average molecular weight is 252 g/mol. The highest BCUT2D eigenvalue weighted by Gasteiger charge is 2.16. The molecular weight excluding hydrogens is 246 g/mol. The Morgan fingerprint density at radius 2 is 2.12 bits per heavy atom. The van der Waals surface area contributed by atoms with Gasteiger partial charge in [-0.1, -0.05) is 11.6 Å². The number of hydrogen-bond donors (Lipinski definition) is 1. The van der Waals surface area contributed by atoms with E-state index in [9.17, 15) is 9.59 Å². The first kappa shape index (κ1) is 11.3. The van der Waals surface area contributed by atoms with Crippen molar-refractivity contribution in [3.63, 3.8) is 0 Å². The van der Waals surface area contributed by atoms with Crippen molar-refractivity contribution in [2.75, 3.05) is 0 Å². The molecule has 0 aliphatic carbocycles. The van der Waals surface area contributed by atoms with Crippen LogP contribution in [0, 0.1) is 0 Å². The summed E-state index contributed by atoms with van der Waals surface area (Å²) in [6.45, 7) is 0. The van der Waals surface area contributed by atoms with E-state index in [-0.39, 0.29) is 10.6 Å². The van der Waals surface area contributed by atoms with Gasteiger partial charge in [-0.3, -0.25) is 4.79 Å². The molecule has 0 saturated heterocycles. The van der Waals surface area contributed by atoms with Crippen LogP contribution in [0.4, 0.5) is 0 Å². The summed E-state index contributed by atoms with van der Waals surface area (Å²) in [5.41, 5.74) is 0.539. The van der Waals surface area contributed by atoms with Crippen molar-refractivity contribution < 1.29 is 14.7 Å². The summed E-state index contributed by atoms with van der Waals surface area (Å²) in [4.78, 5) is 25.5. The van der Waals surface area contributed by atoms with Crippen molar-refractivity contribution >= 4 is 23.4 Å². The van der Waals surface area contributed by atoms with Crippen molar-refractivity contribution in [2.24, 2.45) is 0 Å². The quantitative estimate of drug-likeness (QED) is 0.654. The molecular formula is C10H6ClN3O3. The number of carbonyl (C=O) groups is 2. The maximum atomic E-state index is 11.2. The van der Waals surface area contributed by atoms with E-state index in [1.54, 1.807) is 0 Å². The third kappa shape index (κ3) is 2.16. The smallest absolute Gasteiger partial charge is 0.377 e. The molecule has 17 heavy (non-hydrogen) atoms. The Labute approximate surface area is 100 Å². The number of hydrogen-bond acceptors (Lipinski definition) is 4. The Bertz CT molecular complexity index is 580. The molecule has 7 heteroatoms. The molecule has 0 aliphatic rings. The van der Waals surface area contributed by atoms with Gasteiger partial charge in [0.2, 0.25) is 0 Å². The molecule has 0 aliphatic heterocycles. The number of carboxylic acid groups (broad SMARTS) is 1. The molecule has 0 saturated carbocycles. The van der Waals surface area contributed by atoms with Gasteiger partial charge in [0.15, 0.2) is 0 Å². The highest BCUT2D eigenvalue weighted by atomic mass is 35.5. The SMILES string of the molecule is O=C(O)C(=O)c1ccc(-n2cncn2)c(Cl)c1. The average Bonchev–Trinajstić information content (AvgIpc) is 2.81. The summed E-state index contributed by atoms with van der Waals surface area (Å²) in [6.07, 6.45) is 2.78. The maximum Gasteiger partial charge on any atom is 0.377 e. The molecule has 0 spiro atoms. The molecule has 86 valence electrons. The first-order valence-electron chi connectivity index (χ1n) is 4.52. The van der Waals surface area contributed by atoms with E-state index >= 15 is 0 Å². The van der Waals surface area contributed by atoms with E-state index in [0.29, 0.717) is 5.69 Å². The van der Waals surface area contributed by atoms with Crippen molar-refractivity contribution in [3.8, 4) is 5.69 Å². The lowest BCUT2D eigenvalue weighted by Crippen LogP contribution is -2.12. The van der Waals surface area contributed by atoms with Crippen LogP contribution in [-0.2, 0) is 4.79 Å². The van der Waals surface area contributed by atoms with Gasteiger partial charge in [0.05, 0.1) is 10.7 Å². The number of Topliss-reactive ketones (excluding diaryl/α,β-unsaturated/α-hetero) is 1. The van der Waals surface area contributed by atoms with Gasteiger partial charge in [-0.25, -0.2) is 14.5 Å².